The summed E-state index contributed by atoms with van der Waals surface area (Å²) < 4.78 is 0. The minimum Gasteiger partial charge on any atom is -0.337 e. The Morgan fingerprint density at radius 1 is 1.53 bits per heavy atom. The number of carbonyl (C=O) groups is 1. The average Bonchev–Trinajstić information content (AvgIpc) is 2.27. The molecule has 0 aliphatic carbocycles. The third-order valence-electron chi connectivity index (χ3n) is 2.08. The van der Waals surface area contributed by atoms with Crippen molar-refractivity contribution in [2.75, 3.05) is 0 Å². The van der Waals surface area contributed by atoms with Gasteiger partial charge in [-0.15, -0.1) is 0 Å². The first-order chi connectivity index (χ1) is 7.93. The number of nitro groups is 1. The van der Waals surface area contributed by atoms with E-state index in [0.717, 1.165) is 0 Å². The van der Waals surface area contributed by atoms with Gasteiger partial charge in [0, 0.05) is 17.7 Å². The lowest BCUT2D eigenvalue weighted by Gasteiger charge is -2.06. The Bertz CT molecular complexity index is 505. The van der Waals surface area contributed by atoms with E-state index in [-0.39, 0.29) is 11.3 Å². The third kappa shape index (κ3) is 3.28. The van der Waals surface area contributed by atoms with Gasteiger partial charge >= 0.3 is 0 Å². The number of aryl methyl sites for hydroxylation is 1. The van der Waals surface area contributed by atoms with Crippen molar-refractivity contribution in [3.05, 3.63) is 39.4 Å². The Kier molecular flexibility index (Phi) is 3.78. The Morgan fingerprint density at radius 3 is 2.71 bits per heavy atom. The van der Waals surface area contributed by atoms with E-state index in [9.17, 15) is 14.9 Å². The number of hydrogen-bond acceptors (Lipinski definition) is 4. The summed E-state index contributed by atoms with van der Waals surface area (Å²) in [5.74, 6) is -0.495. The largest absolute Gasteiger partial charge is 0.337 e. The lowest BCUT2D eigenvalue weighted by molar-refractivity contribution is -0.384. The van der Waals surface area contributed by atoms with E-state index >= 15 is 0 Å². The van der Waals surface area contributed by atoms with E-state index in [1.165, 1.54) is 25.1 Å². The standard InChI is InChI=1S/C11H11N3O3/c1-7-3-9(5-10(4-7)14(16)17)11(15)13-8(2)6-12/h3-5,8H,1-2H3,(H,13,15). The van der Waals surface area contributed by atoms with Crippen molar-refractivity contribution in [2.45, 2.75) is 19.9 Å². The van der Waals surface area contributed by atoms with Crippen LogP contribution in [-0.2, 0) is 0 Å². The molecule has 0 fully saturated rings. The molecule has 0 bridgehead atoms. The van der Waals surface area contributed by atoms with Crippen LogP contribution >= 0.6 is 0 Å². The zero-order chi connectivity index (χ0) is 13.0. The molecule has 1 aromatic carbocycles. The molecule has 88 valence electrons. The topological polar surface area (TPSA) is 96.0 Å². The number of non-ortho nitro benzene ring substituents is 1. The molecule has 0 aliphatic rings. The molecule has 1 N–H and O–H groups in total. The van der Waals surface area contributed by atoms with Gasteiger partial charge in [-0.25, -0.2) is 0 Å². The Balaban J connectivity index is 3.02. The predicted molar refractivity (Wildman–Crippen MR) is 60.4 cm³/mol. The fourth-order valence-corrected chi connectivity index (χ4v) is 1.31. The second-order valence-electron chi connectivity index (χ2n) is 3.64. The molecule has 6 heteroatoms. The van der Waals surface area contributed by atoms with Crippen LogP contribution in [0.5, 0.6) is 0 Å². The highest BCUT2D eigenvalue weighted by molar-refractivity contribution is 5.95. The smallest absolute Gasteiger partial charge is 0.270 e. The van der Waals surface area contributed by atoms with Crippen molar-refractivity contribution in [3.63, 3.8) is 0 Å². The number of benzene rings is 1. The molecule has 1 unspecified atom stereocenters. The summed E-state index contributed by atoms with van der Waals surface area (Å²) in [6.45, 7) is 3.19. The lowest BCUT2D eigenvalue weighted by Crippen LogP contribution is -2.31. The zero-order valence-electron chi connectivity index (χ0n) is 9.43. The summed E-state index contributed by atoms with van der Waals surface area (Å²) in [5.41, 5.74) is 0.660. The number of nitrogens with zero attached hydrogens (tertiary/aromatic N) is 2. The number of hydrogen-bond donors (Lipinski definition) is 1. The molecule has 1 rings (SSSR count). The number of carbonyl (C=O) groups excluding carboxylic acids is 1. The molecular weight excluding hydrogens is 222 g/mol. The van der Waals surface area contributed by atoms with Crippen LogP contribution in [0, 0.1) is 28.4 Å². The first-order valence-corrected chi connectivity index (χ1v) is 4.90. The van der Waals surface area contributed by atoms with Crippen molar-refractivity contribution in [1.29, 1.82) is 5.26 Å². The first kappa shape index (κ1) is 12.6. The van der Waals surface area contributed by atoms with Crippen LogP contribution < -0.4 is 5.32 Å². The molecular formula is C11H11N3O3. The summed E-state index contributed by atoms with van der Waals surface area (Å²) in [4.78, 5) is 21.7. The Hall–Kier alpha value is -2.42. The van der Waals surface area contributed by atoms with Gasteiger partial charge in [0.15, 0.2) is 0 Å². The van der Waals surface area contributed by atoms with Gasteiger partial charge in [0.2, 0.25) is 0 Å². The molecule has 0 saturated heterocycles. The van der Waals surface area contributed by atoms with E-state index in [2.05, 4.69) is 5.32 Å². The van der Waals surface area contributed by atoms with Crippen LogP contribution in [0.3, 0.4) is 0 Å². The van der Waals surface area contributed by atoms with Gasteiger partial charge in [0.05, 0.1) is 11.0 Å². The van der Waals surface area contributed by atoms with E-state index in [1.807, 2.05) is 6.07 Å². The average molecular weight is 233 g/mol. The highest BCUT2D eigenvalue weighted by atomic mass is 16.6. The lowest BCUT2D eigenvalue weighted by atomic mass is 10.1. The van der Waals surface area contributed by atoms with Crippen LogP contribution in [0.25, 0.3) is 0 Å². The molecule has 0 radical (unpaired) electrons. The predicted octanol–water partition coefficient (Wildman–Crippen LogP) is 1.55. The fourth-order valence-electron chi connectivity index (χ4n) is 1.31. The highest BCUT2D eigenvalue weighted by Gasteiger charge is 2.14. The van der Waals surface area contributed by atoms with E-state index in [1.54, 1.807) is 6.92 Å². The summed E-state index contributed by atoms with van der Waals surface area (Å²) in [5, 5.41) is 21.6. The van der Waals surface area contributed by atoms with Crippen LogP contribution in [0.4, 0.5) is 5.69 Å². The maximum Gasteiger partial charge on any atom is 0.270 e. The van der Waals surface area contributed by atoms with E-state index in [0.29, 0.717) is 5.56 Å². The summed E-state index contributed by atoms with van der Waals surface area (Å²) in [7, 11) is 0. The maximum atomic E-state index is 11.7. The number of nitro benzene ring substituents is 1. The fraction of sp³-hybridized carbons (Fsp3) is 0.273. The van der Waals surface area contributed by atoms with Crippen LogP contribution in [0.1, 0.15) is 22.8 Å². The zero-order valence-corrected chi connectivity index (χ0v) is 9.43. The van der Waals surface area contributed by atoms with Crippen molar-refractivity contribution in [1.82, 2.24) is 5.32 Å². The van der Waals surface area contributed by atoms with Crippen molar-refractivity contribution in [3.8, 4) is 6.07 Å². The molecule has 1 aromatic rings. The summed E-state index contributed by atoms with van der Waals surface area (Å²) in [6.07, 6.45) is 0. The van der Waals surface area contributed by atoms with Crippen molar-refractivity contribution < 1.29 is 9.72 Å². The number of nitriles is 1. The normalized spacial score (nSPS) is 11.4. The second-order valence-corrected chi connectivity index (χ2v) is 3.64. The van der Waals surface area contributed by atoms with Crippen LogP contribution in [0.2, 0.25) is 0 Å². The third-order valence-corrected chi connectivity index (χ3v) is 2.08. The van der Waals surface area contributed by atoms with Gasteiger partial charge in [-0.2, -0.15) is 5.26 Å². The Morgan fingerprint density at radius 2 is 2.18 bits per heavy atom. The molecule has 6 nitrogen and oxygen atoms in total. The van der Waals surface area contributed by atoms with E-state index in [4.69, 9.17) is 5.26 Å². The minimum atomic E-state index is -0.637. The minimum absolute atomic E-state index is 0.139. The summed E-state index contributed by atoms with van der Waals surface area (Å²) >= 11 is 0. The van der Waals surface area contributed by atoms with Crippen molar-refractivity contribution >= 4 is 11.6 Å². The van der Waals surface area contributed by atoms with Gasteiger partial charge in [0.1, 0.15) is 6.04 Å². The quantitative estimate of drug-likeness (QED) is 0.632. The molecule has 1 amide bonds. The first-order valence-electron chi connectivity index (χ1n) is 4.90. The van der Waals surface area contributed by atoms with Gasteiger partial charge in [-0.3, -0.25) is 14.9 Å². The Labute approximate surface area is 98.0 Å². The highest BCUT2D eigenvalue weighted by Crippen LogP contribution is 2.16. The van der Waals surface area contributed by atoms with Crippen molar-refractivity contribution in [2.24, 2.45) is 0 Å². The molecule has 0 heterocycles. The van der Waals surface area contributed by atoms with Gasteiger partial charge in [-0.05, 0) is 25.5 Å². The number of amides is 1. The van der Waals surface area contributed by atoms with Crippen LogP contribution in [-0.4, -0.2) is 16.9 Å². The summed E-state index contributed by atoms with van der Waals surface area (Å²) in [6, 6.07) is 5.32. The molecule has 1 atom stereocenters. The number of nitrogens with one attached hydrogen (secondary N) is 1. The molecule has 0 saturated carbocycles. The van der Waals surface area contributed by atoms with Gasteiger partial charge < -0.3 is 5.32 Å². The van der Waals surface area contributed by atoms with Gasteiger partial charge in [0.25, 0.3) is 11.6 Å². The molecule has 0 aromatic heterocycles. The second kappa shape index (κ2) is 5.07. The monoisotopic (exact) mass is 233 g/mol. The van der Waals surface area contributed by atoms with E-state index < -0.39 is 16.9 Å². The van der Waals surface area contributed by atoms with Crippen LogP contribution in [0.15, 0.2) is 18.2 Å². The van der Waals surface area contributed by atoms with Gasteiger partial charge in [-0.1, -0.05) is 0 Å². The SMILES string of the molecule is Cc1cc(C(=O)NC(C)C#N)cc([N+](=O)[O-])c1. The molecule has 17 heavy (non-hydrogen) atoms. The number of rotatable bonds is 3. The molecule has 0 spiro atoms. The maximum absolute atomic E-state index is 11.7. The molecule has 0 aliphatic heterocycles.